The first-order chi connectivity index (χ1) is 37.4. The lowest BCUT2D eigenvalue weighted by Gasteiger charge is -2.31. The van der Waals surface area contributed by atoms with Crippen molar-refractivity contribution >= 4 is 154 Å². The van der Waals surface area contributed by atoms with Crippen LogP contribution in [0.4, 0.5) is 34.1 Å². The van der Waals surface area contributed by atoms with Crippen molar-refractivity contribution in [2.45, 2.75) is 39.5 Å². The van der Waals surface area contributed by atoms with Gasteiger partial charge in [-0.25, -0.2) is 0 Å². The lowest BCUT2D eigenvalue weighted by molar-refractivity contribution is 0.665. The van der Waals surface area contributed by atoms with Crippen LogP contribution >= 0.6 is 0 Å². The van der Waals surface area contributed by atoms with Crippen molar-refractivity contribution in [2.24, 2.45) is 0 Å². The molecule has 0 aliphatic heterocycles. The summed E-state index contributed by atoms with van der Waals surface area (Å²) in [5, 5.41) is 15.7. The van der Waals surface area contributed by atoms with Gasteiger partial charge >= 0.3 is 0 Å². The number of fused-ring (bicyclic) bond motifs is 12. The smallest absolute Gasteiger partial charge is 0.159 e. The van der Waals surface area contributed by atoms with Gasteiger partial charge in [0.2, 0.25) is 0 Å². The predicted octanol–water partition coefficient (Wildman–Crippen LogP) is 21.4. The highest BCUT2D eigenvalue weighted by Crippen LogP contribution is 2.55. The van der Waals surface area contributed by atoms with E-state index < -0.39 is 0 Å². The highest BCUT2D eigenvalue weighted by molar-refractivity contribution is 6.31. The van der Waals surface area contributed by atoms with Crippen LogP contribution in [0.5, 0.6) is 0 Å². The molecule has 0 radical (unpaired) electrons. The third-order valence-electron chi connectivity index (χ3n) is 16.1. The normalized spacial score (nSPS) is 12.4. The van der Waals surface area contributed by atoms with Crippen LogP contribution in [0.1, 0.15) is 50.7 Å². The summed E-state index contributed by atoms with van der Waals surface area (Å²) >= 11 is 0. The van der Waals surface area contributed by atoms with Crippen LogP contribution in [-0.4, -0.2) is 0 Å². The topological polar surface area (TPSA) is 59.0 Å². The highest BCUT2D eigenvalue weighted by Gasteiger charge is 2.30. The standard InChI is InChI=1S/C70H48N2O4/c1-39(2)51-37-53-55(71(57-25-13-21-47-41-17-5-9-29-61(41)73-67(47)57)58-26-14-22-48-42-18-6-10-30-62(42)74-68(48)58)36-34-46-52(40(3)4)38-54-56(35-33-45(51)65(54)66(46)53)72(59-27-15-23-49-43-19-7-11-31-63(43)75-69(49)59)60-28-16-24-50-44-20-8-12-32-64(44)76-70(50)60/h5-40H,1-4H3. The Morgan fingerprint density at radius 3 is 0.816 bits per heavy atom. The molecule has 0 fully saturated rings. The third kappa shape index (κ3) is 5.98. The van der Waals surface area contributed by atoms with Gasteiger partial charge in [0.15, 0.2) is 22.3 Å². The van der Waals surface area contributed by atoms with Crippen molar-refractivity contribution in [1.82, 2.24) is 0 Å². The van der Waals surface area contributed by atoms with Gasteiger partial charge in [0.05, 0.1) is 34.1 Å². The summed E-state index contributed by atoms with van der Waals surface area (Å²) < 4.78 is 27.8. The fourth-order valence-corrected chi connectivity index (χ4v) is 12.8. The van der Waals surface area contributed by atoms with Crippen molar-refractivity contribution in [3.05, 3.63) is 217 Å². The van der Waals surface area contributed by atoms with Crippen molar-refractivity contribution < 1.29 is 17.7 Å². The molecule has 76 heavy (non-hydrogen) atoms. The zero-order chi connectivity index (χ0) is 50.5. The van der Waals surface area contributed by atoms with Gasteiger partial charge in [0.1, 0.15) is 22.3 Å². The van der Waals surface area contributed by atoms with Crippen LogP contribution in [0.2, 0.25) is 0 Å². The minimum Gasteiger partial charge on any atom is -0.454 e. The van der Waals surface area contributed by atoms with Gasteiger partial charge in [-0.2, -0.15) is 0 Å². The Hall–Kier alpha value is -9.52. The molecule has 0 saturated heterocycles. The minimum atomic E-state index is 0.186. The second kappa shape index (κ2) is 16.0. The number of hydrogen-bond acceptors (Lipinski definition) is 6. The number of benzene rings is 12. The van der Waals surface area contributed by atoms with Gasteiger partial charge in [0.25, 0.3) is 0 Å². The monoisotopic (exact) mass is 980 g/mol. The van der Waals surface area contributed by atoms with E-state index >= 15 is 0 Å². The van der Waals surface area contributed by atoms with Crippen molar-refractivity contribution in [1.29, 1.82) is 0 Å². The number of furan rings is 4. The molecule has 0 N–H and O–H groups in total. The minimum absolute atomic E-state index is 0.186. The van der Waals surface area contributed by atoms with Gasteiger partial charge in [0, 0.05) is 53.9 Å². The molecule has 362 valence electrons. The Kier molecular flexibility index (Phi) is 9.03. The number of nitrogens with zero attached hydrogens (tertiary/aromatic N) is 2. The zero-order valence-electron chi connectivity index (χ0n) is 42.3. The molecule has 16 rings (SSSR count). The van der Waals surface area contributed by atoms with Gasteiger partial charge in [-0.3, -0.25) is 0 Å². The summed E-state index contributed by atoms with van der Waals surface area (Å²) in [6.07, 6.45) is 0. The molecule has 0 aliphatic carbocycles. The molecule has 0 amide bonds. The van der Waals surface area contributed by atoms with E-state index in [1.54, 1.807) is 0 Å². The Bertz CT molecular complexity index is 4500. The number of anilines is 6. The average molecular weight is 981 g/mol. The average Bonchev–Trinajstić information content (AvgIpc) is 4.36. The summed E-state index contributed by atoms with van der Waals surface area (Å²) in [6.45, 7) is 9.27. The van der Waals surface area contributed by atoms with Crippen LogP contribution < -0.4 is 9.80 Å². The van der Waals surface area contributed by atoms with Gasteiger partial charge in [-0.1, -0.05) is 161 Å². The van der Waals surface area contributed by atoms with E-state index in [0.717, 1.165) is 133 Å². The maximum absolute atomic E-state index is 6.95. The van der Waals surface area contributed by atoms with E-state index in [-0.39, 0.29) is 11.8 Å². The molecule has 6 heteroatoms. The molecule has 0 aliphatic rings. The van der Waals surface area contributed by atoms with Gasteiger partial charge in [-0.15, -0.1) is 0 Å². The fraction of sp³-hybridized carbons (Fsp3) is 0.0857. The first kappa shape index (κ1) is 42.9. The molecule has 0 atom stereocenters. The summed E-state index contributed by atoms with van der Waals surface area (Å²) in [5.41, 5.74) is 14.9. The number of hydrogen-bond donors (Lipinski definition) is 0. The SMILES string of the molecule is CC(C)c1cc2c(N(c3cccc4c3oc3ccccc34)c3cccc4c3oc3ccccc34)ccc3c(C(C)C)cc4c(N(c5cccc6c5oc5ccccc56)c5cccc6c5oc5ccccc56)ccc1c4c32. The van der Waals surface area contributed by atoms with Crippen molar-refractivity contribution in [3.8, 4) is 0 Å². The summed E-state index contributed by atoms with van der Waals surface area (Å²) in [5.74, 6) is 0.372. The van der Waals surface area contributed by atoms with E-state index in [2.05, 4.69) is 219 Å². The molecule has 6 nitrogen and oxygen atoms in total. The van der Waals surface area contributed by atoms with Crippen LogP contribution in [-0.2, 0) is 0 Å². The lowest BCUT2D eigenvalue weighted by Crippen LogP contribution is -2.13. The van der Waals surface area contributed by atoms with E-state index in [4.69, 9.17) is 17.7 Å². The van der Waals surface area contributed by atoms with Crippen molar-refractivity contribution in [3.63, 3.8) is 0 Å². The quantitative estimate of drug-likeness (QED) is 0.141. The largest absolute Gasteiger partial charge is 0.454 e. The maximum Gasteiger partial charge on any atom is 0.159 e. The highest BCUT2D eigenvalue weighted by atomic mass is 16.3. The second-order valence-corrected chi connectivity index (χ2v) is 21.0. The zero-order valence-corrected chi connectivity index (χ0v) is 42.3. The Morgan fingerprint density at radius 2 is 0.526 bits per heavy atom. The van der Waals surface area contributed by atoms with Crippen LogP contribution in [0.3, 0.4) is 0 Å². The van der Waals surface area contributed by atoms with E-state index in [1.165, 1.54) is 32.7 Å². The third-order valence-corrected chi connectivity index (χ3v) is 16.1. The van der Waals surface area contributed by atoms with Crippen LogP contribution in [0.15, 0.2) is 224 Å². The van der Waals surface area contributed by atoms with E-state index in [9.17, 15) is 0 Å². The maximum atomic E-state index is 6.95. The molecule has 0 saturated carbocycles. The molecule has 0 spiro atoms. The molecule has 16 aromatic rings. The van der Waals surface area contributed by atoms with E-state index in [1.807, 2.05) is 24.3 Å². The molecule has 0 unspecified atom stereocenters. The van der Waals surface area contributed by atoms with E-state index in [0.29, 0.717) is 0 Å². The lowest BCUT2D eigenvalue weighted by atomic mass is 9.83. The Morgan fingerprint density at radius 1 is 0.250 bits per heavy atom. The number of rotatable bonds is 8. The fourth-order valence-electron chi connectivity index (χ4n) is 12.8. The summed E-state index contributed by atoms with van der Waals surface area (Å²) in [7, 11) is 0. The second-order valence-electron chi connectivity index (χ2n) is 21.0. The first-order valence-corrected chi connectivity index (χ1v) is 26.4. The van der Waals surface area contributed by atoms with Crippen LogP contribution in [0, 0.1) is 0 Å². The summed E-state index contributed by atoms with van der Waals surface area (Å²) in [6, 6.07) is 73.8. The molecule has 12 aromatic carbocycles. The molecule has 0 bridgehead atoms. The molecular formula is C70H48N2O4. The van der Waals surface area contributed by atoms with Crippen molar-refractivity contribution in [2.75, 3.05) is 9.80 Å². The van der Waals surface area contributed by atoms with Gasteiger partial charge in [-0.05, 0) is 117 Å². The number of para-hydroxylation sites is 8. The molecule has 4 aromatic heterocycles. The first-order valence-electron chi connectivity index (χ1n) is 26.4. The van der Waals surface area contributed by atoms with Crippen LogP contribution in [0.25, 0.3) is 120 Å². The predicted molar refractivity (Wildman–Crippen MR) is 317 cm³/mol. The Balaban J connectivity index is 1.05. The van der Waals surface area contributed by atoms with Gasteiger partial charge < -0.3 is 27.5 Å². The Labute approximate surface area is 436 Å². The summed E-state index contributed by atoms with van der Waals surface area (Å²) in [4.78, 5) is 4.80. The molecular weight excluding hydrogens is 933 g/mol. The molecule has 4 heterocycles.